The Morgan fingerprint density at radius 2 is 1.88 bits per heavy atom. The second kappa shape index (κ2) is 6.61. The molecule has 0 fully saturated rings. The third-order valence-electron chi connectivity index (χ3n) is 4.29. The van der Waals surface area contributed by atoms with Crippen molar-refractivity contribution in [2.45, 2.75) is 20.5 Å². The summed E-state index contributed by atoms with van der Waals surface area (Å²) in [7, 11) is 0. The smallest absolute Gasteiger partial charge is 0.346 e. The Morgan fingerprint density at radius 3 is 2.48 bits per heavy atom. The highest BCUT2D eigenvalue weighted by Crippen LogP contribution is 2.35. The number of carboxylic acid groups (broad SMARTS) is 1. The zero-order valence-electron chi connectivity index (χ0n) is 14.1. The van der Waals surface area contributed by atoms with Gasteiger partial charge in [-0.3, -0.25) is 0 Å². The molecule has 0 spiro atoms. The Kier molecular flexibility index (Phi) is 4.51. The van der Waals surface area contributed by atoms with Crippen LogP contribution in [0, 0.1) is 13.8 Å². The number of aryl methyl sites for hydroxylation is 2. The van der Waals surface area contributed by atoms with Crippen molar-refractivity contribution in [1.82, 2.24) is 0 Å². The molecule has 2 aromatic carbocycles. The first-order valence-corrected chi connectivity index (χ1v) is 8.62. The van der Waals surface area contributed by atoms with Gasteiger partial charge in [-0.05, 0) is 60.9 Å². The molecule has 1 heterocycles. The largest absolute Gasteiger partial charge is 0.489 e. The molecule has 4 nitrogen and oxygen atoms in total. The summed E-state index contributed by atoms with van der Waals surface area (Å²) in [4.78, 5) is 12.0. The fraction of sp³-hybridized carbons (Fsp3) is 0.150. The van der Waals surface area contributed by atoms with E-state index >= 15 is 0 Å². The molecule has 0 bridgehead atoms. The summed E-state index contributed by atoms with van der Waals surface area (Å²) in [6.07, 6.45) is 0. The number of thiophene rings is 1. The molecule has 0 saturated carbocycles. The van der Waals surface area contributed by atoms with Crippen molar-refractivity contribution in [3.05, 3.63) is 70.1 Å². The van der Waals surface area contributed by atoms with Crippen LogP contribution in [0.4, 0.5) is 0 Å². The van der Waals surface area contributed by atoms with Gasteiger partial charge in [0.2, 0.25) is 0 Å². The Balaban J connectivity index is 1.97. The van der Waals surface area contributed by atoms with Crippen molar-refractivity contribution < 1.29 is 14.6 Å². The van der Waals surface area contributed by atoms with Crippen molar-refractivity contribution >= 4 is 33.1 Å². The van der Waals surface area contributed by atoms with E-state index in [9.17, 15) is 9.90 Å². The molecule has 3 N–H and O–H groups in total. The highest BCUT2D eigenvalue weighted by atomic mass is 32.1. The van der Waals surface area contributed by atoms with Crippen molar-refractivity contribution in [2.75, 3.05) is 0 Å². The number of nitrogens with two attached hydrogens (primary N) is 1. The van der Waals surface area contributed by atoms with Crippen LogP contribution in [0.15, 0.2) is 43.0 Å². The van der Waals surface area contributed by atoms with E-state index in [0.29, 0.717) is 16.3 Å². The van der Waals surface area contributed by atoms with Gasteiger partial charge in [0.1, 0.15) is 17.2 Å². The van der Waals surface area contributed by atoms with Crippen LogP contribution in [-0.4, -0.2) is 11.1 Å². The first-order chi connectivity index (χ1) is 11.9. The lowest BCUT2D eigenvalue weighted by atomic mass is 10.0. The minimum atomic E-state index is -0.924. The van der Waals surface area contributed by atoms with Gasteiger partial charge in [0.05, 0.1) is 0 Å². The van der Waals surface area contributed by atoms with Gasteiger partial charge in [0, 0.05) is 21.3 Å². The zero-order chi connectivity index (χ0) is 18.1. The molecule has 0 amide bonds. The molecule has 0 saturated heterocycles. The van der Waals surface area contributed by atoms with Crippen LogP contribution >= 0.6 is 11.3 Å². The van der Waals surface area contributed by atoms with E-state index in [1.54, 1.807) is 12.1 Å². The summed E-state index contributed by atoms with van der Waals surface area (Å²) < 4.78 is 6.82. The first-order valence-electron chi connectivity index (χ1n) is 7.81. The molecular formula is C20H19NO3S. The average molecular weight is 353 g/mol. The first kappa shape index (κ1) is 17.0. The Hall–Kier alpha value is -2.79. The molecule has 1 aromatic heterocycles. The van der Waals surface area contributed by atoms with Gasteiger partial charge >= 0.3 is 5.97 Å². The molecule has 0 unspecified atom stereocenters. The van der Waals surface area contributed by atoms with Gasteiger partial charge in [-0.1, -0.05) is 12.6 Å². The third-order valence-corrected chi connectivity index (χ3v) is 5.47. The monoisotopic (exact) mass is 353 g/mol. The van der Waals surface area contributed by atoms with Gasteiger partial charge in [0.15, 0.2) is 0 Å². The molecule has 0 aliphatic rings. The van der Waals surface area contributed by atoms with Crippen LogP contribution in [0.2, 0.25) is 0 Å². The number of aromatic carboxylic acids is 1. The van der Waals surface area contributed by atoms with Crippen LogP contribution in [0.25, 0.3) is 15.8 Å². The standard InChI is InChI=1S/C20H19NO3S/c1-11-4-9-17-18(12(11)2)16(19(25-17)20(22)23)10-24-15-7-5-14(6-8-15)13(3)21/h4-9H,3,10,21H2,1-2H3,(H,22,23). The molecule has 0 atom stereocenters. The maximum absolute atomic E-state index is 11.6. The second-order valence-corrected chi connectivity index (χ2v) is 6.99. The number of hydrogen-bond acceptors (Lipinski definition) is 4. The van der Waals surface area contributed by atoms with Gasteiger partial charge in [-0.25, -0.2) is 4.79 Å². The van der Waals surface area contributed by atoms with Gasteiger partial charge < -0.3 is 15.6 Å². The van der Waals surface area contributed by atoms with Crippen molar-refractivity contribution in [3.63, 3.8) is 0 Å². The van der Waals surface area contributed by atoms with E-state index in [1.165, 1.54) is 11.3 Å². The Bertz CT molecular complexity index is 971. The minimum absolute atomic E-state index is 0.203. The predicted octanol–water partition coefficient (Wildman–Crippen LogP) is 4.72. The summed E-state index contributed by atoms with van der Waals surface area (Å²) in [5.74, 6) is -0.266. The number of ether oxygens (including phenoxy) is 1. The average Bonchev–Trinajstić information content (AvgIpc) is 2.96. The van der Waals surface area contributed by atoms with Gasteiger partial charge in [-0.15, -0.1) is 11.3 Å². The summed E-state index contributed by atoms with van der Waals surface area (Å²) in [6.45, 7) is 7.94. The topological polar surface area (TPSA) is 72.5 Å². The van der Waals surface area contributed by atoms with Crippen molar-refractivity contribution in [3.8, 4) is 5.75 Å². The predicted molar refractivity (Wildman–Crippen MR) is 102 cm³/mol. The second-order valence-electron chi connectivity index (χ2n) is 5.93. The maximum atomic E-state index is 11.6. The lowest BCUT2D eigenvalue weighted by Crippen LogP contribution is -2.03. The van der Waals surface area contributed by atoms with E-state index < -0.39 is 5.97 Å². The lowest BCUT2D eigenvalue weighted by Gasteiger charge is -2.09. The number of hydrogen-bond donors (Lipinski definition) is 2. The zero-order valence-corrected chi connectivity index (χ0v) is 14.9. The van der Waals surface area contributed by atoms with Crippen molar-refractivity contribution in [1.29, 1.82) is 0 Å². The van der Waals surface area contributed by atoms with E-state index in [4.69, 9.17) is 10.5 Å². The molecular weight excluding hydrogens is 334 g/mol. The van der Waals surface area contributed by atoms with Crippen LogP contribution in [0.1, 0.15) is 31.9 Å². The van der Waals surface area contributed by atoms with E-state index in [2.05, 4.69) is 6.58 Å². The van der Waals surface area contributed by atoms with Crippen LogP contribution in [-0.2, 0) is 6.61 Å². The number of fused-ring (bicyclic) bond motifs is 1. The summed E-state index contributed by atoms with van der Waals surface area (Å²) in [5.41, 5.74) is 9.94. The Labute approximate surface area is 150 Å². The number of carbonyl (C=O) groups is 1. The van der Waals surface area contributed by atoms with Gasteiger partial charge in [0.25, 0.3) is 0 Å². The van der Waals surface area contributed by atoms with E-state index in [1.807, 2.05) is 38.1 Å². The number of rotatable bonds is 5. The number of carboxylic acids is 1. The molecule has 128 valence electrons. The molecule has 5 heteroatoms. The summed E-state index contributed by atoms with van der Waals surface area (Å²) in [6, 6.07) is 11.3. The van der Waals surface area contributed by atoms with Crippen LogP contribution < -0.4 is 10.5 Å². The fourth-order valence-corrected chi connectivity index (χ4v) is 3.87. The molecule has 0 radical (unpaired) electrons. The SMILES string of the molecule is C=C(N)c1ccc(OCc2c(C(=O)O)sc3ccc(C)c(C)c23)cc1. The Morgan fingerprint density at radius 1 is 1.20 bits per heavy atom. The minimum Gasteiger partial charge on any atom is -0.489 e. The number of benzene rings is 2. The fourth-order valence-electron chi connectivity index (χ4n) is 2.77. The molecule has 0 aliphatic carbocycles. The van der Waals surface area contributed by atoms with Crippen LogP contribution in [0.5, 0.6) is 5.75 Å². The van der Waals surface area contributed by atoms with Gasteiger partial charge in [-0.2, -0.15) is 0 Å². The molecule has 3 rings (SSSR count). The maximum Gasteiger partial charge on any atom is 0.346 e. The van der Waals surface area contributed by atoms with Crippen LogP contribution in [0.3, 0.4) is 0 Å². The molecule has 25 heavy (non-hydrogen) atoms. The molecule has 0 aliphatic heterocycles. The molecule has 3 aromatic rings. The summed E-state index contributed by atoms with van der Waals surface area (Å²) in [5, 5.41) is 10.5. The lowest BCUT2D eigenvalue weighted by molar-refractivity contribution is 0.0699. The van der Waals surface area contributed by atoms with E-state index in [0.717, 1.165) is 32.3 Å². The highest BCUT2D eigenvalue weighted by molar-refractivity contribution is 7.21. The van der Waals surface area contributed by atoms with E-state index in [-0.39, 0.29) is 6.61 Å². The summed E-state index contributed by atoms with van der Waals surface area (Å²) >= 11 is 1.29. The third kappa shape index (κ3) is 3.23. The van der Waals surface area contributed by atoms with Crippen molar-refractivity contribution in [2.24, 2.45) is 5.73 Å². The highest BCUT2D eigenvalue weighted by Gasteiger charge is 2.20. The quantitative estimate of drug-likeness (QED) is 0.696. The normalized spacial score (nSPS) is 10.8.